The van der Waals surface area contributed by atoms with E-state index < -0.39 is 11.6 Å². The molecule has 0 aliphatic rings. The second kappa shape index (κ2) is 4.61. The fraction of sp³-hybridized carbons (Fsp3) is 0.417. The van der Waals surface area contributed by atoms with Crippen LogP contribution in [0.4, 0.5) is 8.78 Å². The van der Waals surface area contributed by atoms with Gasteiger partial charge >= 0.3 is 0 Å². The zero-order valence-electron chi connectivity index (χ0n) is 9.67. The summed E-state index contributed by atoms with van der Waals surface area (Å²) in [5.74, 6) is -0.141. The van der Waals surface area contributed by atoms with E-state index in [9.17, 15) is 8.78 Å². The third-order valence-electron chi connectivity index (χ3n) is 2.52. The Morgan fingerprint density at radius 1 is 1.35 bits per heavy atom. The molecule has 0 aliphatic heterocycles. The molecule has 0 N–H and O–H groups in total. The third kappa shape index (κ3) is 2.27. The Bertz CT molecular complexity index is 549. The van der Waals surface area contributed by atoms with Gasteiger partial charge in [0.2, 0.25) is 0 Å². The van der Waals surface area contributed by atoms with E-state index in [1.807, 2.05) is 13.8 Å². The number of halogens is 3. The van der Waals surface area contributed by atoms with Crippen molar-refractivity contribution in [2.24, 2.45) is 5.92 Å². The van der Waals surface area contributed by atoms with Gasteiger partial charge in [-0.05, 0) is 12.0 Å². The standard InChI is InChI=1S/C12H13ClF2N2/c1-7(2)6-17-10-4-8(14)3-9(15)12(10)16-11(17)5-13/h3-4,7H,5-6H2,1-2H3. The fourth-order valence-corrected chi connectivity index (χ4v) is 2.07. The van der Waals surface area contributed by atoms with Crippen LogP contribution in [0.15, 0.2) is 12.1 Å². The molecule has 0 atom stereocenters. The van der Waals surface area contributed by atoms with Gasteiger partial charge in [0.25, 0.3) is 0 Å². The van der Waals surface area contributed by atoms with Crippen molar-refractivity contribution in [3.63, 3.8) is 0 Å². The predicted molar refractivity (Wildman–Crippen MR) is 64.0 cm³/mol. The number of benzene rings is 1. The number of hydrogen-bond acceptors (Lipinski definition) is 1. The minimum atomic E-state index is -0.645. The van der Waals surface area contributed by atoms with Gasteiger partial charge in [0.15, 0.2) is 5.82 Å². The summed E-state index contributed by atoms with van der Waals surface area (Å²) in [5, 5.41) is 0. The van der Waals surface area contributed by atoms with Crippen molar-refractivity contribution in [1.29, 1.82) is 0 Å². The molecule has 1 aromatic heterocycles. The van der Waals surface area contributed by atoms with Gasteiger partial charge in [0, 0.05) is 12.6 Å². The molecule has 0 aliphatic carbocycles. The van der Waals surface area contributed by atoms with E-state index in [2.05, 4.69) is 4.98 Å². The van der Waals surface area contributed by atoms with Crippen LogP contribution in [0, 0.1) is 17.6 Å². The lowest BCUT2D eigenvalue weighted by molar-refractivity contribution is 0.521. The van der Waals surface area contributed by atoms with Crippen molar-refractivity contribution in [2.45, 2.75) is 26.3 Å². The Morgan fingerprint density at radius 3 is 2.65 bits per heavy atom. The molecule has 0 spiro atoms. The lowest BCUT2D eigenvalue weighted by atomic mass is 10.2. The highest BCUT2D eigenvalue weighted by Gasteiger charge is 2.15. The largest absolute Gasteiger partial charge is 0.327 e. The maximum absolute atomic E-state index is 13.6. The number of nitrogens with zero attached hydrogens (tertiary/aromatic N) is 2. The molecule has 2 rings (SSSR count). The summed E-state index contributed by atoms with van der Waals surface area (Å²) in [5.41, 5.74) is 0.648. The van der Waals surface area contributed by atoms with E-state index in [1.165, 1.54) is 6.07 Å². The van der Waals surface area contributed by atoms with Crippen LogP contribution in [0.1, 0.15) is 19.7 Å². The first-order chi connectivity index (χ1) is 8.02. The van der Waals surface area contributed by atoms with Crippen molar-refractivity contribution >= 4 is 22.6 Å². The van der Waals surface area contributed by atoms with Gasteiger partial charge in [-0.1, -0.05) is 13.8 Å². The molecule has 0 radical (unpaired) electrons. The number of fused-ring (bicyclic) bond motifs is 1. The normalized spacial score (nSPS) is 11.6. The Labute approximate surface area is 103 Å². The number of hydrogen-bond donors (Lipinski definition) is 0. The van der Waals surface area contributed by atoms with Gasteiger partial charge in [0.05, 0.1) is 11.4 Å². The number of imidazole rings is 1. The van der Waals surface area contributed by atoms with Crippen LogP contribution in [0.25, 0.3) is 11.0 Å². The number of aromatic nitrogens is 2. The number of rotatable bonds is 3. The van der Waals surface area contributed by atoms with Crippen LogP contribution in [0.3, 0.4) is 0 Å². The molecule has 5 heteroatoms. The highest BCUT2D eigenvalue weighted by Crippen LogP contribution is 2.23. The molecule has 0 unspecified atom stereocenters. The minimum absolute atomic E-state index is 0.183. The van der Waals surface area contributed by atoms with E-state index in [-0.39, 0.29) is 11.4 Å². The maximum atomic E-state index is 13.6. The SMILES string of the molecule is CC(C)Cn1c(CCl)nc2c(F)cc(F)cc21. The van der Waals surface area contributed by atoms with Gasteiger partial charge in [-0.2, -0.15) is 0 Å². The van der Waals surface area contributed by atoms with Crippen LogP contribution in [-0.2, 0) is 12.4 Å². The molecule has 2 nitrogen and oxygen atoms in total. The summed E-state index contributed by atoms with van der Waals surface area (Å²) >= 11 is 5.78. The fourth-order valence-electron chi connectivity index (χ4n) is 1.87. The Hall–Kier alpha value is -1.16. The van der Waals surface area contributed by atoms with Crippen LogP contribution in [0.2, 0.25) is 0 Å². The third-order valence-corrected chi connectivity index (χ3v) is 2.76. The Morgan fingerprint density at radius 2 is 2.06 bits per heavy atom. The number of alkyl halides is 1. The summed E-state index contributed by atoms with van der Waals surface area (Å²) in [7, 11) is 0. The van der Waals surface area contributed by atoms with Crippen LogP contribution < -0.4 is 0 Å². The van der Waals surface area contributed by atoms with Gasteiger partial charge in [0.1, 0.15) is 17.2 Å². The summed E-state index contributed by atoms with van der Waals surface area (Å²) in [6.07, 6.45) is 0. The highest BCUT2D eigenvalue weighted by atomic mass is 35.5. The summed E-state index contributed by atoms with van der Waals surface area (Å²) in [6, 6.07) is 2.14. The van der Waals surface area contributed by atoms with Crippen molar-refractivity contribution in [1.82, 2.24) is 9.55 Å². The molecule has 0 bridgehead atoms. The second-order valence-electron chi connectivity index (χ2n) is 4.42. The summed E-state index contributed by atoms with van der Waals surface area (Å²) < 4.78 is 28.5. The van der Waals surface area contributed by atoms with Crippen LogP contribution in [-0.4, -0.2) is 9.55 Å². The van der Waals surface area contributed by atoms with Crippen molar-refractivity contribution in [2.75, 3.05) is 0 Å². The average molecular weight is 259 g/mol. The van der Waals surface area contributed by atoms with E-state index in [0.717, 1.165) is 6.07 Å². The average Bonchev–Trinajstić information content (AvgIpc) is 2.56. The van der Waals surface area contributed by atoms with E-state index >= 15 is 0 Å². The molecule has 0 saturated carbocycles. The van der Waals surface area contributed by atoms with Gasteiger partial charge in [-0.15, -0.1) is 11.6 Å². The summed E-state index contributed by atoms with van der Waals surface area (Å²) in [6.45, 7) is 4.69. The maximum Gasteiger partial charge on any atom is 0.153 e. The van der Waals surface area contributed by atoms with Crippen molar-refractivity contribution < 1.29 is 8.78 Å². The molecular weight excluding hydrogens is 246 g/mol. The smallest absolute Gasteiger partial charge is 0.153 e. The Kier molecular flexibility index (Phi) is 3.33. The molecule has 17 heavy (non-hydrogen) atoms. The van der Waals surface area contributed by atoms with Crippen LogP contribution in [0.5, 0.6) is 0 Å². The molecule has 0 saturated heterocycles. The molecular formula is C12H13ClF2N2. The molecule has 1 heterocycles. The first kappa shape index (κ1) is 12.3. The lowest BCUT2D eigenvalue weighted by Gasteiger charge is -2.10. The molecule has 92 valence electrons. The first-order valence-corrected chi connectivity index (χ1v) is 5.96. The second-order valence-corrected chi connectivity index (χ2v) is 4.69. The minimum Gasteiger partial charge on any atom is -0.327 e. The highest BCUT2D eigenvalue weighted by molar-refractivity contribution is 6.16. The van der Waals surface area contributed by atoms with Crippen molar-refractivity contribution in [3.8, 4) is 0 Å². The zero-order valence-corrected chi connectivity index (χ0v) is 10.4. The van der Waals surface area contributed by atoms with Crippen LogP contribution >= 0.6 is 11.6 Å². The monoisotopic (exact) mass is 258 g/mol. The topological polar surface area (TPSA) is 17.8 Å². The summed E-state index contributed by atoms with van der Waals surface area (Å²) in [4.78, 5) is 4.11. The molecule has 0 amide bonds. The van der Waals surface area contributed by atoms with Gasteiger partial charge < -0.3 is 4.57 Å². The zero-order chi connectivity index (χ0) is 12.6. The van der Waals surface area contributed by atoms with E-state index in [1.54, 1.807) is 4.57 Å². The van der Waals surface area contributed by atoms with Crippen molar-refractivity contribution in [3.05, 3.63) is 29.6 Å². The van der Waals surface area contributed by atoms with Gasteiger partial charge in [-0.3, -0.25) is 0 Å². The van der Waals surface area contributed by atoms with E-state index in [4.69, 9.17) is 11.6 Å². The van der Waals surface area contributed by atoms with Gasteiger partial charge in [-0.25, -0.2) is 13.8 Å². The predicted octanol–water partition coefficient (Wildman–Crippen LogP) is 3.71. The molecule has 2 aromatic rings. The first-order valence-electron chi connectivity index (χ1n) is 5.43. The molecule has 0 fully saturated rings. The Balaban J connectivity index is 2.69. The quantitative estimate of drug-likeness (QED) is 0.768. The lowest BCUT2D eigenvalue weighted by Crippen LogP contribution is -2.07. The molecule has 1 aromatic carbocycles. The van der Waals surface area contributed by atoms with E-state index in [0.29, 0.717) is 23.8 Å².